The maximum absolute atomic E-state index is 13.2. The lowest BCUT2D eigenvalue weighted by Crippen LogP contribution is -1.96. The molecule has 0 N–H and O–H groups in total. The number of aldehydes is 1. The molecule has 0 aliphatic carbocycles. The van der Waals surface area contributed by atoms with Crippen LogP contribution in [0.5, 0.6) is 0 Å². The monoisotopic (exact) mass is 240 g/mol. The Balaban J connectivity index is 2.21. The molecule has 0 aliphatic heterocycles. The normalized spacial score (nSPS) is 10.7. The number of nitrogens with zero attached hydrogens (tertiary/aromatic N) is 2. The molecule has 2 aromatic carbocycles. The lowest BCUT2D eigenvalue weighted by atomic mass is 10.2. The Labute approximate surface area is 102 Å². The Kier molecular flexibility index (Phi) is 2.41. The SMILES string of the molecule is O=Cc1ccc2c(cnn2-c2cccc(F)c2)c1. The number of aromatic nitrogens is 2. The molecule has 3 nitrogen and oxygen atoms in total. The maximum atomic E-state index is 13.2. The van der Waals surface area contributed by atoms with Crippen molar-refractivity contribution in [2.24, 2.45) is 0 Å². The highest BCUT2D eigenvalue weighted by Gasteiger charge is 2.06. The van der Waals surface area contributed by atoms with Crippen LogP contribution in [0.1, 0.15) is 10.4 Å². The van der Waals surface area contributed by atoms with Gasteiger partial charge in [-0.1, -0.05) is 6.07 Å². The third-order valence-electron chi connectivity index (χ3n) is 2.78. The average molecular weight is 240 g/mol. The summed E-state index contributed by atoms with van der Waals surface area (Å²) < 4.78 is 14.8. The van der Waals surface area contributed by atoms with E-state index in [1.165, 1.54) is 12.1 Å². The summed E-state index contributed by atoms with van der Waals surface area (Å²) in [6.45, 7) is 0. The molecule has 18 heavy (non-hydrogen) atoms. The molecule has 0 saturated heterocycles. The Morgan fingerprint density at radius 1 is 1.17 bits per heavy atom. The largest absolute Gasteiger partial charge is 0.298 e. The molecule has 0 aliphatic rings. The van der Waals surface area contributed by atoms with Crippen molar-refractivity contribution in [3.8, 4) is 5.69 Å². The minimum atomic E-state index is -0.305. The molecule has 3 rings (SSSR count). The van der Waals surface area contributed by atoms with Crippen molar-refractivity contribution >= 4 is 17.2 Å². The van der Waals surface area contributed by atoms with Crippen LogP contribution in [0.25, 0.3) is 16.6 Å². The first kappa shape index (κ1) is 10.7. The molecule has 0 unspecified atom stereocenters. The van der Waals surface area contributed by atoms with Crippen LogP contribution in [-0.2, 0) is 0 Å². The zero-order valence-electron chi connectivity index (χ0n) is 9.38. The quantitative estimate of drug-likeness (QED) is 0.645. The van der Waals surface area contributed by atoms with Crippen molar-refractivity contribution in [2.75, 3.05) is 0 Å². The van der Waals surface area contributed by atoms with Crippen LogP contribution in [-0.4, -0.2) is 16.1 Å². The highest BCUT2D eigenvalue weighted by molar-refractivity contribution is 5.87. The van der Waals surface area contributed by atoms with Gasteiger partial charge in [-0.25, -0.2) is 9.07 Å². The van der Waals surface area contributed by atoms with Crippen molar-refractivity contribution in [2.45, 2.75) is 0 Å². The van der Waals surface area contributed by atoms with E-state index in [4.69, 9.17) is 0 Å². The average Bonchev–Trinajstić information content (AvgIpc) is 2.81. The Hall–Kier alpha value is -2.49. The Morgan fingerprint density at radius 3 is 2.83 bits per heavy atom. The topological polar surface area (TPSA) is 34.9 Å². The summed E-state index contributed by atoms with van der Waals surface area (Å²) >= 11 is 0. The molecular weight excluding hydrogens is 231 g/mol. The van der Waals surface area contributed by atoms with Gasteiger partial charge in [-0.3, -0.25) is 4.79 Å². The van der Waals surface area contributed by atoms with Gasteiger partial charge in [0.25, 0.3) is 0 Å². The number of carbonyl (C=O) groups is 1. The van der Waals surface area contributed by atoms with E-state index >= 15 is 0 Å². The van der Waals surface area contributed by atoms with E-state index in [0.717, 1.165) is 17.2 Å². The fourth-order valence-corrected chi connectivity index (χ4v) is 1.94. The van der Waals surface area contributed by atoms with Crippen LogP contribution in [0.15, 0.2) is 48.7 Å². The smallest absolute Gasteiger partial charge is 0.150 e. The van der Waals surface area contributed by atoms with Crippen LogP contribution in [0.3, 0.4) is 0 Å². The van der Waals surface area contributed by atoms with Crippen molar-refractivity contribution in [1.29, 1.82) is 0 Å². The number of hydrogen-bond acceptors (Lipinski definition) is 2. The van der Waals surface area contributed by atoms with Crippen LogP contribution >= 0.6 is 0 Å². The van der Waals surface area contributed by atoms with Gasteiger partial charge in [0, 0.05) is 10.9 Å². The van der Waals surface area contributed by atoms with E-state index in [2.05, 4.69) is 5.10 Å². The molecule has 0 atom stereocenters. The molecule has 3 aromatic rings. The van der Waals surface area contributed by atoms with E-state index in [-0.39, 0.29) is 5.82 Å². The zero-order chi connectivity index (χ0) is 12.5. The summed E-state index contributed by atoms with van der Waals surface area (Å²) in [7, 11) is 0. The molecule has 0 fully saturated rings. The summed E-state index contributed by atoms with van der Waals surface area (Å²) in [6.07, 6.45) is 2.45. The summed E-state index contributed by atoms with van der Waals surface area (Å²) in [6, 6.07) is 11.5. The third-order valence-corrected chi connectivity index (χ3v) is 2.78. The summed E-state index contributed by atoms with van der Waals surface area (Å²) in [5.41, 5.74) is 2.09. The molecule has 1 heterocycles. The van der Waals surface area contributed by atoms with E-state index in [1.807, 2.05) is 0 Å². The molecular formula is C14H9FN2O. The van der Waals surface area contributed by atoms with E-state index < -0.39 is 0 Å². The molecule has 1 aromatic heterocycles. The second-order valence-corrected chi connectivity index (χ2v) is 3.97. The van der Waals surface area contributed by atoms with Gasteiger partial charge in [-0.2, -0.15) is 5.10 Å². The number of halogens is 1. The standard InChI is InChI=1S/C14H9FN2O/c15-12-2-1-3-13(7-12)17-14-5-4-10(9-18)6-11(14)8-16-17/h1-9H. The van der Waals surface area contributed by atoms with Crippen LogP contribution in [0.4, 0.5) is 4.39 Å². The number of carbonyl (C=O) groups excluding carboxylic acids is 1. The fraction of sp³-hybridized carbons (Fsp3) is 0. The van der Waals surface area contributed by atoms with Gasteiger partial charge in [0.15, 0.2) is 0 Å². The lowest BCUT2D eigenvalue weighted by molar-refractivity contribution is 0.112. The first-order valence-electron chi connectivity index (χ1n) is 5.47. The van der Waals surface area contributed by atoms with Crippen molar-refractivity contribution in [1.82, 2.24) is 9.78 Å². The molecule has 0 radical (unpaired) electrons. The summed E-state index contributed by atoms with van der Waals surface area (Å²) in [5, 5.41) is 5.07. The number of benzene rings is 2. The van der Waals surface area contributed by atoms with Gasteiger partial charge in [0.1, 0.15) is 12.1 Å². The minimum absolute atomic E-state index is 0.305. The highest BCUT2D eigenvalue weighted by atomic mass is 19.1. The molecule has 88 valence electrons. The van der Waals surface area contributed by atoms with Gasteiger partial charge in [-0.15, -0.1) is 0 Å². The van der Waals surface area contributed by atoms with Gasteiger partial charge in [-0.05, 0) is 36.4 Å². The maximum Gasteiger partial charge on any atom is 0.150 e. The molecule has 4 heteroatoms. The van der Waals surface area contributed by atoms with Gasteiger partial charge >= 0.3 is 0 Å². The van der Waals surface area contributed by atoms with E-state index in [0.29, 0.717) is 11.3 Å². The summed E-state index contributed by atoms with van der Waals surface area (Å²) in [4.78, 5) is 10.7. The second kappa shape index (κ2) is 4.07. The van der Waals surface area contributed by atoms with E-state index in [1.54, 1.807) is 41.2 Å². The second-order valence-electron chi connectivity index (χ2n) is 3.97. The predicted octanol–water partition coefficient (Wildman–Crippen LogP) is 2.98. The number of rotatable bonds is 2. The van der Waals surface area contributed by atoms with Crippen LogP contribution in [0, 0.1) is 5.82 Å². The zero-order valence-corrected chi connectivity index (χ0v) is 9.38. The molecule has 0 saturated carbocycles. The molecule has 0 bridgehead atoms. The number of fused-ring (bicyclic) bond motifs is 1. The predicted molar refractivity (Wildman–Crippen MR) is 66.4 cm³/mol. The van der Waals surface area contributed by atoms with Crippen molar-refractivity contribution < 1.29 is 9.18 Å². The molecule has 0 amide bonds. The van der Waals surface area contributed by atoms with Crippen molar-refractivity contribution in [3.63, 3.8) is 0 Å². The van der Waals surface area contributed by atoms with Gasteiger partial charge in [0.05, 0.1) is 17.4 Å². The number of hydrogen-bond donors (Lipinski definition) is 0. The third kappa shape index (κ3) is 1.68. The van der Waals surface area contributed by atoms with Crippen LogP contribution in [0.2, 0.25) is 0 Å². The van der Waals surface area contributed by atoms with Gasteiger partial charge in [0.2, 0.25) is 0 Å². The minimum Gasteiger partial charge on any atom is -0.298 e. The van der Waals surface area contributed by atoms with Crippen molar-refractivity contribution in [3.05, 3.63) is 60.0 Å². The highest BCUT2D eigenvalue weighted by Crippen LogP contribution is 2.19. The fourth-order valence-electron chi connectivity index (χ4n) is 1.94. The Morgan fingerprint density at radius 2 is 2.06 bits per heavy atom. The van der Waals surface area contributed by atoms with Crippen LogP contribution < -0.4 is 0 Å². The lowest BCUT2D eigenvalue weighted by Gasteiger charge is -2.03. The molecule has 0 spiro atoms. The van der Waals surface area contributed by atoms with E-state index in [9.17, 15) is 9.18 Å². The first-order chi connectivity index (χ1) is 8.78. The first-order valence-corrected chi connectivity index (χ1v) is 5.47. The summed E-state index contributed by atoms with van der Waals surface area (Å²) in [5.74, 6) is -0.305. The van der Waals surface area contributed by atoms with Gasteiger partial charge < -0.3 is 0 Å². The Bertz CT molecular complexity index is 733.